The number of nitrogens with two attached hydrogens (primary N) is 1. The lowest BCUT2D eigenvalue weighted by molar-refractivity contribution is 0.573. The van der Waals surface area contributed by atoms with Crippen molar-refractivity contribution in [2.75, 3.05) is 5.73 Å². The van der Waals surface area contributed by atoms with E-state index in [-0.39, 0.29) is 0 Å². The highest BCUT2D eigenvalue weighted by Gasteiger charge is 2.08. The van der Waals surface area contributed by atoms with Crippen molar-refractivity contribution in [2.45, 2.75) is 26.4 Å². The molecule has 3 aromatic heterocycles. The Morgan fingerprint density at radius 3 is 3.00 bits per heavy atom. The SMILES string of the molecule is Cc1cnc2c(c1)nc(N)n2CCCn1ccnc1. The van der Waals surface area contributed by atoms with Gasteiger partial charge in [0.15, 0.2) is 5.65 Å². The fourth-order valence-corrected chi connectivity index (χ4v) is 2.18. The van der Waals surface area contributed by atoms with Gasteiger partial charge in [-0.1, -0.05) is 0 Å². The van der Waals surface area contributed by atoms with Crippen molar-refractivity contribution < 1.29 is 0 Å². The number of rotatable bonds is 4. The van der Waals surface area contributed by atoms with Gasteiger partial charge in [0.05, 0.1) is 6.33 Å². The highest BCUT2D eigenvalue weighted by atomic mass is 15.2. The first kappa shape index (κ1) is 11.7. The first-order chi connectivity index (χ1) is 9.24. The maximum Gasteiger partial charge on any atom is 0.202 e. The molecule has 0 aliphatic heterocycles. The van der Waals surface area contributed by atoms with Crippen molar-refractivity contribution >= 4 is 17.1 Å². The van der Waals surface area contributed by atoms with E-state index in [1.54, 1.807) is 6.20 Å². The predicted molar refractivity (Wildman–Crippen MR) is 73.5 cm³/mol. The molecule has 0 fully saturated rings. The van der Waals surface area contributed by atoms with Crippen LogP contribution in [0.25, 0.3) is 11.2 Å². The molecule has 2 N–H and O–H groups in total. The van der Waals surface area contributed by atoms with Crippen LogP contribution in [0, 0.1) is 6.92 Å². The van der Waals surface area contributed by atoms with Crippen LogP contribution in [-0.2, 0) is 13.1 Å². The maximum absolute atomic E-state index is 5.96. The third kappa shape index (κ3) is 2.29. The molecule has 0 aliphatic rings. The summed E-state index contributed by atoms with van der Waals surface area (Å²) in [4.78, 5) is 12.8. The van der Waals surface area contributed by atoms with E-state index < -0.39 is 0 Å². The number of nitrogens with zero attached hydrogens (tertiary/aromatic N) is 5. The van der Waals surface area contributed by atoms with Crippen LogP contribution in [0.1, 0.15) is 12.0 Å². The van der Waals surface area contributed by atoms with Crippen molar-refractivity contribution in [1.82, 2.24) is 24.1 Å². The van der Waals surface area contributed by atoms with E-state index in [1.807, 2.05) is 40.8 Å². The molecule has 98 valence electrons. The zero-order valence-corrected chi connectivity index (χ0v) is 10.8. The van der Waals surface area contributed by atoms with E-state index in [0.717, 1.165) is 36.2 Å². The van der Waals surface area contributed by atoms with E-state index in [0.29, 0.717) is 5.95 Å². The van der Waals surface area contributed by atoms with E-state index in [4.69, 9.17) is 5.73 Å². The molecular weight excluding hydrogens is 240 g/mol. The molecule has 19 heavy (non-hydrogen) atoms. The minimum atomic E-state index is 0.527. The molecule has 3 aromatic rings. The van der Waals surface area contributed by atoms with Gasteiger partial charge in [0.1, 0.15) is 5.52 Å². The van der Waals surface area contributed by atoms with Crippen LogP contribution in [0.5, 0.6) is 0 Å². The standard InChI is InChI=1S/C13H16N6/c1-10-7-11-12(16-8-10)19(13(14)17-11)5-2-4-18-6-3-15-9-18/h3,6-9H,2,4-5H2,1H3,(H2,14,17). The summed E-state index contributed by atoms with van der Waals surface area (Å²) in [6, 6.07) is 2.01. The largest absolute Gasteiger partial charge is 0.369 e. The van der Waals surface area contributed by atoms with Gasteiger partial charge in [-0.05, 0) is 25.0 Å². The Bertz CT molecular complexity index is 683. The summed E-state index contributed by atoms with van der Waals surface area (Å²) in [5.41, 5.74) is 8.77. The van der Waals surface area contributed by atoms with E-state index in [2.05, 4.69) is 15.0 Å². The Balaban J connectivity index is 1.78. The minimum absolute atomic E-state index is 0.527. The summed E-state index contributed by atoms with van der Waals surface area (Å²) in [6.07, 6.45) is 8.36. The summed E-state index contributed by atoms with van der Waals surface area (Å²) in [6.45, 7) is 3.71. The molecule has 0 radical (unpaired) electrons. The summed E-state index contributed by atoms with van der Waals surface area (Å²) >= 11 is 0. The highest BCUT2D eigenvalue weighted by Crippen LogP contribution is 2.17. The van der Waals surface area contributed by atoms with Gasteiger partial charge in [-0.3, -0.25) is 4.57 Å². The van der Waals surface area contributed by atoms with Gasteiger partial charge in [0.2, 0.25) is 5.95 Å². The lowest BCUT2D eigenvalue weighted by Crippen LogP contribution is -2.06. The van der Waals surface area contributed by atoms with Gasteiger partial charge in [-0.25, -0.2) is 15.0 Å². The first-order valence-electron chi connectivity index (χ1n) is 6.28. The second-order valence-electron chi connectivity index (χ2n) is 4.63. The maximum atomic E-state index is 5.96. The third-order valence-corrected chi connectivity index (χ3v) is 3.11. The summed E-state index contributed by atoms with van der Waals surface area (Å²) in [5, 5.41) is 0. The van der Waals surface area contributed by atoms with E-state index >= 15 is 0 Å². The molecule has 0 bridgehead atoms. The molecule has 0 amide bonds. The molecule has 3 heterocycles. The second-order valence-corrected chi connectivity index (χ2v) is 4.63. The van der Waals surface area contributed by atoms with Gasteiger partial charge in [0.25, 0.3) is 0 Å². The molecule has 6 heteroatoms. The lowest BCUT2D eigenvalue weighted by Gasteiger charge is -2.06. The fourth-order valence-electron chi connectivity index (χ4n) is 2.18. The van der Waals surface area contributed by atoms with Crippen molar-refractivity contribution in [2.24, 2.45) is 0 Å². The van der Waals surface area contributed by atoms with Gasteiger partial charge in [0, 0.05) is 31.7 Å². The number of imidazole rings is 2. The summed E-state index contributed by atoms with van der Waals surface area (Å²) in [7, 11) is 0. The molecule has 0 aliphatic carbocycles. The van der Waals surface area contributed by atoms with Crippen LogP contribution in [0.15, 0.2) is 31.0 Å². The van der Waals surface area contributed by atoms with Gasteiger partial charge in [-0.2, -0.15) is 0 Å². The normalized spacial score (nSPS) is 11.2. The van der Waals surface area contributed by atoms with Crippen LogP contribution in [0.2, 0.25) is 0 Å². The van der Waals surface area contributed by atoms with E-state index in [9.17, 15) is 0 Å². The van der Waals surface area contributed by atoms with Gasteiger partial charge in [-0.15, -0.1) is 0 Å². The molecular formula is C13H16N6. The zero-order chi connectivity index (χ0) is 13.2. The molecule has 0 saturated carbocycles. The number of aromatic nitrogens is 5. The summed E-state index contributed by atoms with van der Waals surface area (Å²) < 4.78 is 4.01. The number of anilines is 1. The number of pyridine rings is 1. The number of nitrogen functional groups attached to an aromatic ring is 1. The van der Waals surface area contributed by atoms with Crippen LogP contribution >= 0.6 is 0 Å². The highest BCUT2D eigenvalue weighted by molar-refractivity contribution is 5.74. The molecule has 0 atom stereocenters. The topological polar surface area (TPSA) is 74.5 Å². The van der Waals surface area contributed by atoms with Crippen molar-refractivity contribution in [3.8, 4) is 0 Å². The Kier molecular flexibility index (Phi) is 2.91. The fraction of sp³-hybridized carbons (Fsp3) is 0.308. The lowest BCUT2D eigenvalue weighted by atomic mass is 10.3. The number of fused-ring (bicyclic) bond motifs is 1. The molecule has 3 rings (SSSR count). The monoisotopic (exact) mass is 256 g/mol. The van der Waals surface area contributed by atoms with Crippen molar-refractivity contribution in [1.29, 1.82) is 0 Å². The second kappa shape index (κ2) is 4.72. The van der Waals surface area contributed by atoms with Gasteiger partial charge < -0.3 is 10.3 Å². The summed E-state index contributed by atoms with van der Waals surface area (Å²) in [5.74, 6) is 0.527. The quantitative estimate of drug-likeness (QED) is 0.769. The Hall–Kier alpha value is -2.37. The molecule has 0 saturated heterocycles. The average molecular weight is 256 g/mol. The predicted octanol–water partition coefficient (Wildman–Crippen LogP) is 1.61. The molecule has 0 unspecified atom stereocenters. The van der Waals surface area contributed by atoms with Crippen LogP contribution in [-0.4, -0.2) is 24.1 Å². The smallest absolute Gasteiger partial charge is 0.202 e. The Morgan fingerprint density at radius 2 is 2.21 bits per heavy atom. The molecule has 0 spiro atoms. The molecule has 6 nitrogen and oxygen atoms in total. The Labute approximate surface area is 110 Å². The van der Waals surface area contributed by atoms with Crippen molar-refractivity contribution in [3.63, 3.8) is 0 Å². The number of aryl methyl sites for hydroxylation is 3. The minimum Gasteiger partial charge on any atom is -0.369 e. The van der Waals surface area contributed by atoms with E-state index in [1.165, 1.54) is 0 Å². The molecule has 0 aromatic carbocycles. The van der Waals surface area contributed by atoms with Gasteiger partial charge >= 0.3 is 0 Å². The Morgan fingerprint density at radius 1 is 1.32 bits per heavy atom. The number of hydrogen-bond acceptors (Lipinski definition) is 4. The van der Waals surface area contributed by atoms with Crippen LogP contribution < -0.4 is 5.73 Å². The van der Waals surface area contributed by atoms with Crippen molar-refractivity contribution in [3.05, 3.63) is 36.5 Å². The first-order valence-corrected chi connectivity index (χ1v) is 6.28. The number of hydrogen-bond donors (Lipinski definition) is 1. The average Bonchev–Trinajstić information content (AvgIpc) is 2.98. The zero-order valence-electron chi connectivity index (χ0n) is 10.8. The van der Waals surface area contributed by atoms with Crippen LogP contribution in [0.4, 0.5) is 5.95 Å². The van der Waals surface area contributed by atoms with Crippen LogP contribution in [0.3, 0.4) is 0 Å². The third-order valence-electron chi connectivity index (χ3n) is 3.11.